The molecular weight excluding hydrogens is 313 g/mol. The zero-order valence-electron chi connectivity index (χ0n) is 11.5. The SMILES string of the molecule is NC(=O)[C@H]1CCC[NH+](CC(=O)Nc2cccc(Cl)c2Cl)C1. The van der Waals surface area contributed by atoms with Crippen LogP contribution in [0.25, 0.3) is 0 Å². The highest BCUT2D eigenvalue weighted by Gasteiger charge is 2.28. The number of likely N-dealkylation sites (tertiary alicyclic amines) is 1. The highest BCUT2D eigenvalue weighted by Crippen LogP contribution is 2.29. The second-order valence-corrected chi connectivity index (χ2v) is 6.06. The number of amides is 2. The predicted molar refractivity (Wildman–Crippen MR) is 82.6 cm³/mol. The van der Waals surface area contributed by atoms with E-state index in [0.717, 1.165) is 24.3 Å². The van der Waals surface area contributed by atoms with Gasteiger partial charge >= 0.3 is 0 Å². The number of halogens is 2. The average Bonchev–Trinajstić information content (AvgIpc) is 2.44. The molecule has 114 valence electrons. The molecule has 4 N–H and O–H groups in total. The fraction of sp³-hybridized carbons (Fsp3) is 0.429. The molecular formula is C14H18Cl2N3O2+. The van der Waals surface area contributed by atoms with Gasteiger partial charge in [0.1, 0.15) is 0 Å². The molecule has 1 unspecified atom stereocenters. The average molecular weight is 331 g/mol. The van der Waals surface area contributed by atoms with Gasteiger partial charge in [0.2, 0.25) is 5.91 Å². The van der Waals surface area contributed by atoms with Crippen molar-refractivity contribution in [1.82, 2.24) is 0 Å². The summed E-state index contributed by atoms with van der Waals surface area (Å²) in [7, 11) is 0. The number of nitrogens with one attached hydrogen (secondary N) is 2. The maximum Gasteiger partial charge on any atom is 0.279 e. The third-order valence-corrected chi connectivity index (χ3v) is 4.48. The van der Waals surface area contributed by atoms with Crippen LogP contribution in [-0.4, -0.2) is 31.4 Å². The van der Waals surface area contributed by atoms with E-state index in [4.69, 9.17) is 28.9 Å². The van der Waals surface area contributed by atoms with Crippen molar-refractivity contribution in [2.24, 2.45) is 11.7 Å². The molecule has 1 aliphatic rings. The van der Waals surface area contributed by atoms with Crippen LogP contribution < -0.4 is 16.0 Å². The molecule has 5 nitrogen and oxygen atoms in total. The third kappa shape index (κ3) is 4.33. The summed E-state index contributed by atoms with van der Waals surface area (Å²) in [5.41, 5.74) is 5.83. The van der Waals surface area contributed by atoms with Gasteiger partial charge in [-0.1, -0.05) is 29.3 Å². The van der Waals surface area contributed by atoms with Crippen LogP contribution in [-0.2, 0) is 9.59 Å². The molecule has 1 saturated heterocycles. The zero-order chi connectivity index (χ0) is 15.4. The summed E-state index contributed by atoms with van der Waals surface area (Å²) in [6.45, 7) is 1.75. The van der Waals surface area contributed by atoms with E-state index in [0.29, 0.717) is 22.3 Å². The van der Waals surface area contributed by atoms with Crippen molar-refractivity contribution in [2.75, 3.05) is 25.0 Å². The Morgan fingerprint density at radius 1 is 1.38 bits per heavy atom. The first-order valence-corrected chi connectivity index (χ1v) is 7.59. The second kappa shape index (κ2) is 7.11. The topological polar surface area (TPSA) is 76.6 Å². The van der Waals surface area contributed by atoms with Gasteiger partial charge in [-0.3, -0.25) is 9.59 Å². The van der Waals surface area contributed by atoms with Crippen molar-refractivity contribution in [1.29, 1.82) is 0 Å². The van der Waals surface area contributed by atoms with Gasteiger partial charge in [-0.2, -0.15) is 0 Å². The molecule has 0 bridgehead atoms. The zero-order valence-corrected chi connectivity index (χ0v) is 13.0. The van der Waals surface area contributed by atoms with Crippen molar-refractivity contribution >= 4 is 40.7 Å². The molecule has 0 aliphatic carbocycles. The Labute approximate surface area is 133 Å². The molecule has 1 aromatic carbocycles. The van der Waals surface area contributed by atoms with Gasteiger partial charge in [-0.05, 0) is 25.0 Å². The van der Waals surface area contributed by atoms with Gasteiger partial charge in [0.05, 0.1) is 34.7 Å². The quantitative estimate of drug-likeness (QED) is 0.760. The molecule has 1 aliphatic heterocycles. The second-order valence-electron chi connectivity index (χ2n) is 5.27. The summed E-state index contributed by atoms with van der Waals surface area (Å²) in [4.78, 5) is 24.4. The van der Waals surface area contributed by atoms with Gasteiger partial charge in [-0.25, -0.2) is 0 Å². The highest BCUT2D eigenvalue weighted by molar-refractivity contribution is 6.43. The minimum absolute atomic E-state index is 0.142. The van der Waals surface area contributed by atoms with E-state index >= 15 is 0 Å². The van der Waals surface area contributed by atoms with E-state index in [1.165, 1.54) is 0 Å². The first-order chi connectivity index (χ1) is 9.97. The van der Waals surface area contributed by atoms with Crippen LogP contribution in [0.5, 0.6) is 0 Å². The Morgan fingerprint density at radius 3 is 2.86 bits per heavy atom. The van der Waals surface area contributed by atoms with Gasteiger partial charge in [-0.15, -0.1) is 0 Å². The van der Waals surface area contributed by atoms with E-state index in [1.807, 2.05) is 0 Å². The van der Waals surface area contributed by atoms with Crippen molar-refractivity contribution in [3.8, 4) is 0 Å². The van der Waals surface area contributed by atoms with Crippen LogP contribution in [0, 0.1) is 5.92 Å². The Balaban J connectivity index is 1.92. The van der Waals surface area contributed by atoms with Gasteiger partial charge in [0.15, 0.2) is 6.54 Å². The molecule has 2 rings (SSSR count). The van der Waals surface area contributed by atoms with Gasteiger partial charge in [0.25, 0.3) is 5.91 Å². The molecule has 1 aromatic rings. The number of anilines is 1. The van der Waals surface area contributed by atoms with Crippen molar-refractivity contribution in [3.63, 3.8) is 0 Å². The molecule has 0 spiro atoms. The van der Waals surface area contributed by atoms with Gasteiger partial charge < -0.3 is 16.0 Å². The molecule has 2 amide bonds. The van der Waals surface area contributed by atoms with Crippen LogP contribution >= 0.6 is 23.2 Å². The number of hydrogen-bond donors (Lipinski definition) is 3. The summed E-state index contributed by atoms with van der Waals surface area (Å²) < 4.78 is 0. The maximum absolute atomic E-state index is 12.1. The predicted octanol–water partition coefficient (Wildman–Crippen LogP) is 0.712. The molecule has 0 aromatic heterocycles. The number of nitrogens with two attached hydrogens (primary N) is 1. The number of benzene rings is 1. The number of hydrogen-bond acceptors (Lipinski definition) is 2. The first kappa shape index (κ1) is 16.1. The standard InChI is InChI=1S/C14H17Cl2N3O2/c15-10-4-1-5-11(13(10)16)18-12(20)8-19-6-2-3-9(7-19)14(17)21/h1,4-5,9H,2-3,6-8H2,(H2,17,21)(H,18,20)/p+1/t9-/m0/s1. The van der Waals surface area contributed by atoms with Crippen LogP contribution in [0.4, 0.5) is 5.69 Å². The lowest BCUT2D eigenvalue weighted by Gasteiger charge is -2.27. The minimum Gasteiger partial charge on any atom is -0.369 e. The minimum atomic E-state index is -0.287. The van der Waals surface area contributed by atoms with E-state index in [2.05, 4.69) is 5.32 Å². The largest absolute Gasteiger partial charge is 0.369 e. The molecule has 0 saturated carbocycles. The van der Waals surface area contributed by atoms with E-state index < -0.39 is 0 Å². The summed E-state index contributed by atoms with van der Waals surface area (Å²) in [5.74, 6) is -0.582. The normalized spacial score (nSPS) is 21.8. The Kier molecular flexibility index (Phi) is 5.45. The summed E-state index contributed by atoms with van der Waals surface area (Å²) >= 11 is 11.9. The smallest absolute Gasteiger partial charge is 0.279 e. The number of piperidine rings is 1. The van der Waals surface area contributed by atoms with Crippen LogP contribution in [0.2, 0.25) is 10.0 Å². The number of primary amides is 1. The molecule has 21 heavy (non-hydrogen) atoms. The number of carbonyl (C=O) groups is 2. The Hall–Kier alpha value is -1.30. The van der Waals surface area contributed by atoms with E-state index in [-0.39, 0.29) is 24.3 Å². The number of carbonyl (C=O) groups excluding carboxylic acids is 2. The van der Waals surface area contributed by atoms with Crippen molar-refractivity contribution in [3.05, 3.63) is 28.2 Å². The Morgan fingerprint density at radius 2 is 2.14 bits per heavy atom. The highest BCUT2D eigenvalue weighted by atomic mass is 35.5. The molecule has 1 fully saturated rings. The lowest BCUT2D eigenvalue weighted by Crippen LogP contribution is -3.14. The van der Waals surface area contributed by atoms with E-state index in [9.17, 15) is 9.59 Å². The van der Waals surface area contributed by atoms with Crippen molar-refractivity contribution < 1.29 is 14.5 Å². The fourth-order valence-electron chi connectivity index (χ4n) is 2.58. The molecule has 7 heteroatoms. The summed E-state index contributed by atoms with van der Waals surface area (Å²) in [6.07, 6.45) is 1.70. The summed E-state index contributed by atoms with van der Waals surface area (Å²) in [6, 6.07) is 5.08. The maximum atomic E-state index is 12.1. The van der Waals surface area contributed by atoms with Crippen LogP contribution in [0.3, 0.4) is 0 Å². The van der Waals surface area contributed by atoms with E-state index in [1.54, 1.807) is 18.2 Å². The third-order valence-electron chi connectivity index (χ3n) is 3.66. The van der Waals surface area contributed by atoms with Crippen LogP contribution in [0.15, 0.2) is 18.2 Å². The van der Waals surface area contributed by atoms with Crippen LogP contribution in [0.1, 0.15) is 12.8 Å². The monoisotopic (exact) mass is 330 g/mol. The lowest BCUT2D eigenvalue weighted by atomic mass is 9.97. The Bertz CT molecular complexity index is 551. The summed E-state index contributed by atoms with van der Waals surface area (Å²) in [5, 5.41) is 3.48. The van der Waals surface area contributed by atoms with Crippen molar-refractivity contribution in [2.45, 2.75) is 12.8 Å². The number of rotatable bonds is 4. The van der Waals surface area contributed by atoms with Gasteiger partial charge in [0, 0.05) is 0 Å². The number of quaternary nitrogens is 1. The first-order valence-electron chi connectivity index (χ1n) is 6.84. The molecule has 2 atom stereocenters. The lowest BCUT2D eigenvalue weighted by molar-refractivity contribution is -0.899. The fourth-order valence-corrected chi connectivity index (χ4v) is 2.92. The molecule has 0 radical (unpaired) electrons. The molecule has 1 heterocycles.